The van der Waals surface area contributed by atoms with Gasteiger partial charge in [-0.2, -0.15) is 0 Å². The number of amides is 2. The molecule has 0 aliphatic heterocycles. The Kier molecular flexibility index (Phi) is 7.18. The molecule has 0 saturated carbocycles. The van der Waals surface area contributed by atoms with Crippen LogP contribution in [0.4, 0.5) is 5.69 Å². The second-order valence-corrected chi connectivity index (χ2v) is 8.42. The summed E-state index contributed by atoms with van der Waals surface area (Å²) in [6.07, 6.45) is 0. The summed E-state index contributed by atoms with van der Waals surface area (Å²) in [5.74, 6) is 0.752. The number of aryl methyl sites for hydroxylation is 1. The van der Waals surface area contributed by atoms with Crippen molar-refractivity contribution in [1.29, 1.82) is 0 Å². The Hall–Kier alpha value is -2.77. The highest BCUT2D eigenvalue weighted by Gasteiger charge is 2.16. The molecule has 0 saturated heterocycles. The van der Waals surface area contributed by atoms with Gasteiger partial charge in [0.1, 0.15) is 5.76 Å². The van der Waals surface area contributed by atoms with E-state index in [4.69, 9.17) is 16.1 Å². The zero-order valence-corrected chi connectivity index (χ0v) is 18.4. The summed E-state index contributed by atoms with van der Waals surface area (Å²) in [6, 6.07) is 13.9. The van der Waals surface area contributed by atoms with Crippen LogP contribution in [0.5, 0.6) is 0 Å². The molecule has 2 N–H and O–H groups in total. The van der Waals surface area contributed by atoms with E-state index in [0.29, 0.717) is 27.6 Å². The van der Waals surface area contributed by atoms with Crippen molar-refractivity contribution in [2.45, 2.75) is 37.5 Å². The molecule has 1 aromatic heterocycles. The Labute approximate surface area is 184 Å². The van der Waals surface area contributed by atoms with Crippen LogP contribution in [0.1, 0.15) is 46.0 Å². The molecule has 3 aromatic rings. The fraction of sp³-hybridized carbons (Fsp3) is 0.227. The van der Waals surface area contributed by atoms with Gasteiger partial charge in [0.25, 0.3) is 11.8 Å². The van der Waals surface area contributed by atoms with E-state index in [-0.39, 0.29) is 17.9 Å². The topological polar surface area (TPSA) is 84.2 Å². The van der Waals surface area contributed by atoms with E-state index in [1.807, 2.05) is 39.0 Å². The minimum atomic E-state index is -0.310. The van der Waals surface area contributed by atoms with Gasteiger partial charge in [0.05, 0.1) is 27.7 Å². The normalized spacial score (nSPS) is 10.8. The van der Waals surface area contributed by atoms with Crippen LogP contribution in [0.25, 0.3) is 0 Å². The van der Waals surface area contributed by atoms with Crippen molar-refractivity contribution in [3.8, 4) is 0 Å². The highest BCUT2D eigenvalue weighted by Crippen LogP contribution is 2.29. The van der Waals surface area contributed by atoms with Gasteiger partial charge in [0.15, 0.2) is 0 Å². The number of nitrogens with one attached hydrogen (secondary N) is 2. The largest absolute Gasteiger partial charge is 0.360 e. The Morgan fingerprint density at radius 1 is 1.13 bits per heavy atom. The van der Waals surface area contributed by atoms with E-state index < -0.39 is 0 Å². The van der Waals surface area contributed by atoms with Gasteiger partial charge in [-0.05, 0) is 51.1 Å². The highest BCUT2D eigenvalue weighted by molar-refractivity contribution is 7.98. The van der Waals surface area contributed by atoms with Crippen molar-refractivity contribution < 1.29 is 14.1 Å². The molecule has 0 aliphatic rings. The summed E-state index contributed by atoms with van der Waals surface area (Å²) >= 11 is 7.73. The Bertz CT molecular complexity index is 1070. The molecule has 8 heteroatoms. The molecule has 0 radical (unpaired) electrons. The number of thioether (sulfide) groups is 1. The average molecular weight is 444 g/mol. The Balaban J connectivity index is 1.77. The van der Waals surface area contributed by atoms with Gasteiger partial charge in [-0.3, -0.25) is 9.59 Å². The van der Waals surface area contributed by atoms with Crippen LogP contribution in [0.15, 0.2) is 57.9 Å². The van der Waals surface area contributed by atoms with Crippen molar-refractivity contribution in [3.63, 3.8) is 0 Å². The number of carbonyl (C=O) groups is 2. The van der Waals surface area contributed by atoms with Gasteiger partial charge in [0, 0.05) is 22.6 Å². The van der Waals surface area contributed by atoms with Gasteiger partial charge < -0.3 is 15.2 Å². The molecule has 30 heavy (non-hydrogen) atoms. The predicted molar refractivity (Wildman–Crippen MR) is 119 cm³/mol. The average Bonchev–Trinajstić information content (AvgIpc) is 3.13. The molecule has 3 rings (SSSR count). The van der Waals surface area contributed by atoms with Crippen molar-refractivity contribution in [2.75, 3.05) is 5.32 Å². The van der Waals surface area contributed by atoms with E-state index in [2.05, 4.69) is 15.8 Å². The monoisotopic (exact) mass is 443 g/mol. The molecule has 0 unspecified atom stereocenters. The SMILES string of the molecule is Cc1cc(CSc2ccccc2C(=O)Nc2cc(C(=O)NC(C)C)ccc2Cl)on1. The van der Waals surface area contributed by atoms with E-state index in [1.54, 1.807) is 30.3 Å². The molecular formula is C22H22ClN3O3S. The lowest BCUT2D eigenvalue weighted by molar-refractivity contribution is 0.0941. The minimum absolute atomic E-state index is 0.00303. The maximum Gasteiger partial charge on any atom is 0.256 e. The number of rotatable bonds is 7. The maximum atomic E-state index is 12.9. The first-order chi connectivity index (χ1) is 14.3. The number of aromatic nitrogens is 1. The van der Waals surface area contributed by atoms with Gasteiger partial charge >= 0.3 is 0 Å². The van der Waals surface area contributed by atoms with E-state index >= 15 is 0 Å². The molecular weight excluding hydrogens is 422 g/mol. The molecule has 0 atom stereocenters. The lowest BCUT2D eigenvalue weighted by Gasteiger charge is -2.13. The van der Waals surface area contributed by atoms with Crippen LogP contribution in [0, 0.1) is 6.92 Å². The summed E-state index contributed by atoms with van der Waals surface area (Å²) < 4.78 is 5.23. The van der Waals surface area contributed by atoms with Crippen LogP contribution < -0.4 is 10.6 Å². The first-order valence-electron chi connectivity index (χ1n) is 9.39. The highest BCUT2D eigenvalue weighted by atomic mass is 35.5. The van der Waals surface area contributed by atoms with Crippen LogP contribution in [-0.2, 0) is 5.75 Å². The number of carbonyl (C=O) groups excluding carboxylic acids is 2. The van der Waals surface area contributed by atoms with Crippen LogP contribution in [-0.4, -0.2) is 23.0 Å². The molecule has 0 bridgehead atoms. The smallest absolute Gasteiger partial charge is 0.256 e. The number of hydrogen-bond donors (Lipinski definition) is 2. The third kappa shape index (κ3) is 5.64. The van der Waals surface area contributed by atoms with Crippen molar-refractivity contribution in [1.82, 2.24) is 10.5 Å². The summed E-state index contributed by atoms with van der Waals surface area (Å²) in [5.41, 5.74) is 2.12. The zero-order valence-electron chi connectivity index (χ0n) is 16.9. The number of anilines is 1. The summed E-state index contributed by atoms with van der Waals surface area (Å²) in [6.45, 7) is 5.62. The number of benzene rings is 2. The van der Waals surface area contributed by atoms with Gasteiger partial charge in [0.2, 0.25) is 0 Å². The van der Waals surface area contributed by atoms with Crippen molar-refractivity contribution in [3.05, 3.63) is 76.1 Å². The summed E-state index contributed by atoms with van der Waals surface area (Å²) in [5, 5.41) is 9.87. The molecule has 2 aromatic carbocycles. The van der Waals surface area contributed by atoms with Crippen LogP contribution >= 0.6 is 23.4 Å². The first-order valence-corrected chi connectivity index (χ1v) is 10.8. The van der Waals surface area contributed by atoms with Crippen LogP contribution in [0.2, 0.25) is 5.02 Å². The standard InChI is InChI=1S/C22H22ClN3O3S/c1-13(2)24-21(27)15-8-9-18(23)19(11-15)25-22(28)17-6-4-5-7-20(17)30-12-16-10-14(3)26-29-16/h4-11,13H,12H2,1-3H3,(H,24,27)(H,25,28). The first kappa shape index (κ1) is 21.9. The maximum absolute atomic E-state index is 12.9. The lowest BCUT2D eigenvalue weighted by atomic mass is 10.1. The van der Waals surface area contributed by atoms with Gasteiger partial charge in [-0.1, -0.05) is 28.9 Å². The summed E-state index contributed by atoms with van der Waals surface area (Å²) in [4.78, 5) is 26.0. The molecule has 156 valence electrons. The van der Waals surface area contributed by atoms with E-state index in [0.717, 1.165) is 16.3 Å². The van der Waals surface area contributed by atoms with Crippen molar-refractivity contribution >= 4 is 40.9 Å². The lowest BCUT2D eigenvalue weighted by Crippen LogP contribution is -2.30. The third-order valence-electron chi connectivity index (χ3n) is 4.07. The number of nitrogens with zero attached hydrogens (tertiary/aromatic N) is 1. The van der Waals surface area contributed by atoms with Gasteiger partial charge in [-0.25, -0.2) is 0 Å². The third-order valence-corrected chi connectivity index (χ3v) is 5.50. The molecule has 0 aliphatic carbocycles. The molecule has 1 heterocycles. The number of halogens is 1. The Morgan fingerprint density at radius 2 is 1.90 bits per heavy atom. The quantitative estimate of drug-likeness (QED) is 0.483. The Morgan fingerprint density at radius 3 is 2.60 bits per heavy atom. The summed E-state index contributed by atoms with van der Waals surface area (Å²) in [7, 11) is 0. The predicted octanol–water partition coefficient (Wildman–Crippen LogP) is 5.32. The van der Waals surface area contributed by atoms with Gasteiger partial charge in [-0.15, -0.1) is 11.8 Å². The minimum Gasteiger partial charge on any atom is -0.360 e. The fourth-order valence-electron chi connectivity index (χ4n) is 2.71. The molecule has 6 nitrogen and oxygen atoms in total. The number of hydrogen-bond acceptors (Lipinski definition) is 5. The molecule has 0 fully saturated rings. The van der Waals surface area contributed by atoms with E-state index in [1.165, 1.54) is 11.8 Å². The van der Waals surface area contributed by atoms with E-state index in [9.17, 15) is 9.59 Å². The zero-order chi connectivity index (χ0) is 21.7. The fourth-order valence-corrected chi connectivity index (χ4v) is 3.80. The second kappa shape index (κ2) is 9.82. The second-order valence-electron chi connectivity index (χ2n) is 7.00. The molecule has 2 amide bonds. The molecule has 0 spiro atoms. The van der Waals surface area contributed by atoms with Crippen LogP contribution in [0.3, 0.4) is 0 Å². The van der Waals surface area contributed by atoms with Crippen molar-refractivity contribution in [2.24, 2.45) is 0 Å².